The summed E-state index contributed by atoms with van der Waals surface area (Å²) in [7, 11) is 0. The van der Waals surface area contributed by atoms with Crippen molar-refractivity contribution >= 4 is 11.6 Å². The van der Waals surface area contributed by atoms with Crippen molar-refractivity contribution in [3.05, 3.63) is 59.9 Å². The third-order valence-corrected chi connectivity index (χ3v) is 4.43. The van der Waals surface area contributed by atoms with E-state index in [1.165, 1.54) is 6.07 Å². The van der Waals surface area contributed by atoms with Gasteiger partial charge in [0.15, 0.2) is 0 Å². The number of benzene rings is 2. The van der Waals surface area contributed by atoms with Crippen LogP contribution in [0.3, 0.4) is 0 Å². The maximum Gasteiger partial charge on any atom is 0.224 e. The van der Waals surface area contributed by atoms with E-state index in [9.17, 15) is 9.18 Å². The molecule has 1 aliphatic rings. The third kappa shape index (κ3) is 5.29. The highest BCUT2D eigenvalue weighted by atomic mass is 19.1. The number of hydrogen-bond acceptors (Lipinski definition) is 3. The van der Waals surface area contributed by atoms with Crippen molar-refractivity contribution in [2.45, 2.75) is 25.9 Å². The van der Waals surface area contributed by atoms with Crippen molar-refractivity contribution in [2.75, 3.05) is 18.4 Å². The minimum Gasteiger partial charge on any atom is -0.489 e. The van der Waals surface area contributed by atoms with Crippen molar-refractivity contribution in [3.8, 4) is 5.75 Å². The lowest BCUT2D eigenvalue weighted by Gasteiger charge is -2.10. The molecule has 5 heteroatoms. The average Bonchev–Trinajstić information content (AvgIpc) is 3.14. The molecule has 4 nitrogen and oxygen atoms in total. The predicted molar refractivity (Wildman–Crippen MR) is 96.0 cm³/mol. The van der Waals surface area contributed by atoms with Gasteiger partial charge in [-0.05, 0) is 62.2 Å². The molecule has 1 aliphatic heterocycles. The van der Waals surface area contributed by atoms with E-state index in [2.05, 4.69) is 10.6 Å². The van der Waals surface area contributed by atoms with Gasteiger partial charge < -0.3 is 15.4 Å². The zero-order valence-electron chi connectivity index (χ0n) is 14.1. The summed E-state index contributed by atoms with van der Waals surface area (Å²) in [6.07, 6.45) is 2.61. The van der Waals surface area contributed by atoms with Crippen LogP contribution in [0.4, 0.5) is 10.1 Å². The molecule has 2 aromatic rings. The van der Waals surface area contributed by atoms with E-state index in [0.717, 1.165) is 31.6 Å². The maximum atomic E-state index is 13.6. The van der Waals surface area contributed by atoms with E-state index in [0.29, 0.717) is 23.7 Å². The quantitative estimate of drug-likeness (QED) is 0.806. The van der Waals surface area contributed by atoms with Gasteiger partial charge in [-0.3, -0.25) is 4.79 Å². The summed E-state index contributed by atoms with van der Waals surface area (Å²) in [5.74, 6) is 1.01. The number of rotatable bonds is 7. The normalized spacial score (nSPS) is 16.6. The molecule has 1 saturated heterocycles. The summed E-state index contributed by atoms with van der Waals surface area (Å²) in [5.41, 5.74) is 1.26. The molecule has 1 heterocycles. The third-order valence-electron chi connectivity index (χ3n) is 4.43. The van der Waals surface area contributed by atoms with Crippen LogP contribution in [0, 0.1) is 11.7 Å². The highest BCUT2D eigenvalue weighted by molar-refractivity contribution is 5.90. The molecule has 132 valence electrons. The number of nitrogens with one attached hydrogen (secondary N) is 2. The van der Waals surface area contributed by atoms with Crippen LogP contribution in [0.5, 0.6) is 5.75 Å². The highest BCUT2D eigenvalue weighted by Crippen LogP contribution is 2.19. The first-order valence-corrected chi connectivity index (χ1v) is 8.67. The maximum absolute atomic E-state index is 13.6. The Labute approximate surface area is 147 Å². The summed E-state index contributed by atoms with van der Waals surface area (Å²) in [6, 6.07) is 13.7. The lowest BCUT2D eigenvalue weighted by atomic mass is 10.0. The predicted octanol–water partition coefficient (Wildman–Crippen LogP) is 3.73. The van der Waals surface area contributed by atoms with E-state index in [1.807, 2.05) is 0 Å². The largest absolute Gasteiger partial charge is 0.489 e. The summed E-state index contributed by atoms with van der Waals surface area (Å²) >= 11 is 0. The van der Waals surface area contributed by atoms with Crippen molar-refractivity contribution in [3.63, 3.8) is 0 Å². The molecule has 2 N–H and O–H groups in total. The zero-order chi connectivity index (χ0) is 17.5. The number of ether oxygens (including phenoxy) is 1. The van der Waals surface area contributed by atoms with Gasteiger partial charge in [0.25, 0.3) is 0 Å². The Bertz CT molecular complexity index is 697. The van der Waals surface area contributed by atoms with Crippen LogP contribution in [-0.4, -0.2) is 19.0 Å². The molecule has 0 saturated carbocycles. The molecule has 25 heavy (non-hydrogen) atoms. The van der Waals surface area contributed by atoms with Crippen molar-refractivity contribution in [2.24, 2.45) is 5.92 Å². The Morgan fingerprint density at radius 1 is 1.20 bits per heavy atom. The SMILES string of the molecule is O=C(CCC1CCNC1)Nc1ccc(OCc2ccccc2F)cc1. The number of carbonyl (C=O) groups is 1. The Morgan fingerprint density at radius 3 is 2.72 bits per heavy atom. The standard InChI is InChI=1S/C20H23FN2O2/c21-19-4-2-1-3-16(19)14-25-18-8-6-17(7-9-18)23-20(24)10-5-15-11-12-22-13-15/h1-4,6-9,15,22H,5,10-14H2,(H,23,24). The van der Waals surface area contributed by atoms with Gasteiger partial charge >= 0.3 is 0 Å². The smallest absolute Gasteiger partial charge is 0.224 e. The molecule has 0 aliphatic carbocycles. The second-order valence-corrected chi connectivity index (χ2v) is 6.35. The van der Waals surface area contributed by atoms with Crippen LogP contribution >= 0.6 is 0 Å². The van der Waals surface area contributed by atoms with Crippen LogP contribution in [-0.2, 0) is 11.4 Å². The van der Waals surface area contributed by atoms with Gasteiger partial charge in [-0.2, -0.15) is 0 Å². The van der Waals surface area contributed by atoms with Crippen LogP contribution in [0.2, 0.25) is 0 Å². The van der Waals surface area contributed by atoms with Gasteiger partial charge in [0.05, 0.1) is 0 Å². The molecule has 0 radical (unpaired) electrons. The fraction of sp³-hybridized carbons (Fsp3) is 0.350. The fourth-order valence-electron chi connectivity index (χ4n) is 2.93. The Balaban J connectivity index is 1.45. The zero-order valence-corrected chi connectivity index (χ0v) is 14.1. The second kappa shape index (κ2) is 8.62. The lowest BCUT2D eigenvalue weighted by Crippen LogP contribution is -2.14. The first kappa shape index (κ1) is 17.4. The van der Waals surface area contributed by atoms with Crippen LogP contribution in [0.15, 0.2) is 48.5 Å². The molecular weight excluding hydrogens is 319 g/mol. The number of hydrogen-bond donors (Lipinski definition) is 2. The summed E-state index contributed by atoms with van der Waals surface area (Å²) < 4.78 is 19.1. The van der Waals surface area contributed by atoms with Crippen LogP contribution in [0.1, 0.15) is 24.8 Å². The van der Waals surface area contributed by atoms with E-state index in [4.69, 9.17) is 4.74 Å². The van der Waals surface area contributed by atoms with Crippen LogP contribution in [0.25, 0.3) is 0 Å². The minimum atomic E-state index is -0.274. The Hall–Kier alpha value is -2.40. The molecule has 0 bridgehead atoms. The van der Waals surface area contributed by atoms with Crippen molar-refractivity contribution in [1.82, 2.24) is 5.32 Å². The average molecular weight is 342 g/mol. The minimum absolute atomic E-state index is 0.0342. The van der Waals surface area contributed by atoms with Gasteiger partial charge in [0.1, 0.15) is 18.2 Å². The van der Waals surface area contributed by atoms with E-state index < -0.39 is 0 Å². The molecule has 3 rings (SSSR count). The molecule has 1 unspecified atom stereocenters. The molecule has 1 fully saturated rings. The summed E-state index contributed by atoms with van der Waals surface area (Å²) in [5, 5.41) is 6.21. The van der Waals surface area contributed by atoms with Gasteiger partial charge in [-0.1, -0.05) is 18.2 Å². The number of halogens is 1. The van der Waals surface area contributed by atoms with Gasteiger partial charge in [-0.15, -0.1) is 0 Å². The summed E-state index contributed by atoms with van der Waals surface area (Å²) in [4.78, 5) is 12.0. The van der Waals surface area contributed by atoms with Crippen molar-refractivity contribution < 1.29 is 13.9 Å². The number of amides is 1. The molecular formula is C20H23FN2O2. The second-order valence-electron chi connectivity index (χ2n) is 6.35. The van der Waals surface area contributed by atoms with E-state index in [-0.39, 0.29) is 18.3 Å². The molecule has 2 aromatic carbocycles. The molecule has 1 atom stereocenters. The molecule has 0 aromatic heterocycles. The number of carbonyl (C=O) groups excluding carboxylic acids is 1. The first-order chi connectivity index (χ1) is 12.2. The Kier molecular flexibility index (Phi) is 6.01. The van der Waals surface area contributed by atoms with Crippen molar-refractivity contribution in [1.29, 1.82) is 0 Å². The topological polar surface area (TPSA) is 50.4 Å². The fourth-order valence-corrected chi connectivity index (χ4v) is 2.93. The number of anilines is 1. The van der Waals surface area contributed by atoms with E-state index >= 15 is 0 Å². The molecule has 1 amide bonds. The van der Waals surface area contributed by atoms with Gasteiger partial charge in [-0.25, -0.2) is 4.39 Å². The molecule has 0 spiro atoms. The van der Waals surface area contributed by atoms with Gasteiger partial charge in [0.2, 0.25) is 5.91 Å². The first-order valence-electron chi connectivity index (χ1n) is 8.67. The highest BCUT2D eigenvalue weighted by Gasteiger charge is 2.15. The Morgan fingerprint density at radius 2 is 2.00 bits per heavy atom. The summed E-state index contributed by atoms with van der Waals surface area (Å²) in [6.45, 7) is 2.25. The monoisotopic (exact) mass is 342 g/mol. The lowest BCUT2D eigenvalue weighted by molar-refractivity contribution is -0.116. The van der Waals surface area contributed by atoms with Gasteiger partial charge in [0, 0.05) is 17.7 Å². The van der Waals surface area contributed by atoms with E-state index in [1.54, 1.807) is 42.5 Å². The van der Waals surface area contributed by atoms with Crippen LogP contribution < -0.4 is 15.4 Å².